The van der Waals surface area contributed by atoms with Gasteiger partial charge in [-0.25, -0.2) is 13.9 Å². The zero-order chi connectivity index (χ0) is 23.9. The van der Waals surface area contributed by atoms with E-state index in [9.17, 15) is 9.00 Å². The Kier molecular flexibility index (Phi) is 9.63. The minimum absolute atomic E-state index is 0.288. The van der Waals surface area contributed by atoms with Gasteiger partial charge in [-0.15, -0.1) is 0 Å². The summed E-state index contributed by atoms with van der Waals surface area (Å²) in [5.41, 5.74) is 7.10. The fraction of sp³-hybridized carbons (Fsp3) is 0.545. The van der Waals surface area contributed by atoms with Crippen LogP contribution in [0.1, 0.15) is 34.6 Å². The molecule has 178 valence electrons. The van der Waals surface area contributed by atoms with Gasteiger partial charge in [0.25, 0.3) is 0 Å². The Morgan fingerprint density at radius 2 is 1.88 bits per heavy atom. The van der Waals surface area contributed by atoms with Gasteiger partial charge in [0.2, 0.25) is 6.41 Å². The third-order valence-corrected chi connectivity index (χ3v) is 7.19. The summed E-state index contributed by atoms with van der Waals surface area (Å²) in [5.74, 6) is 0. The summed E-state index contributed by atoms with van der Waals surface area (Å²) in [6, 6.07) is 5.47. The van der Waals surface area contributed by atoms with Crippen LogP contribution in [0.5, 0.6) is 0 Å². The van der Waals surface area contributed by atoms with Crippen molar-refractivity contribution in [3.05, 3.63) is 24.4 Å². The lowest BCUT2D eigenvalue weighted by Gasteiger charge is -2.32. The minimum Gasteiger partial charge on any atom is -0.399 e. The SMILES string of the molecule is CC(C)(C)NS(=O)c1cc(N)ccc1-c1cnc(N2CCN(C=O)CC2)s1.COC(C)C. The van der Waals surface area contributed by atoms with E-state index in [-0.39, 0.29) is 5.54 Å². The standard InChI is InChI=1S/C18H25N5O2S2.C4H10O/c1-18(2,3)21-27(25)16-10-13(19)4-5-14(16)15-11-20-17(26-15)23-8-6-22(12-24)7-9-23;1-4(2)5-3/h4-5,10-12,21H,6-9,19H2,1-3H3;4H,1-3H3. The van der Waals surface area contributed by atoms with E-state index in [0.29, 0.717) is 29.8 Å². The van der Waals surface area contributed by atoms with Crippen LogP contribution in [0.4, 0.5) is 10.8 Å². The van der Waals surface area contributed by atoms with Gasteiger partial charge in [-0.05, 0) is 46.8 Å². The van der Waals surface area contributed by atoms with Crippen molar-refractivity contribution in [1.82, 2.24) is 14.6 Å². The van der Waals surface area contributed by atoms with Crippen molar-refractivity contribution < 1.29 is 13.7 Å². The van der Waals surface area contributed by atoms with Crippen LogP contribution in [0.3, 0.4) is 0 Å². The second-order valence-corrected chi connectivity index (χ2v) is 11.0. The monoisotopic (exact) mass is 481 g/mol. The molecular weight excluding hydrogens is 446 g/mol. The molecule has 1 aliphatic heterocycles. The zero-order valence-corrected chi connectivity index (χ0v) is 21.4. The zero-order valence-electron chi connectivity index (χ0n) is 19.8. The molecule has 1 fully saturated rings. The Morgan fingerprint density at radius 1 is 1.25 bits per heavy atom. The topological polar surface area (TPSA) is 101 Å². The molecule has 10 heteroatoms. The number of carbonyl (C=O) groups is 1. The number of nitrogens with one attached hydrogen (secondary N) is 1. The maximum atomic E-state index is 12.9. The fourth-order valence-electron chi connectivity index (χ4n) is 2.78. The number of ether oxygens (including phenoxy) is 1. The summed E-state index contributed by atoms with van der Waals surface area (Å²) in [6.45, 7) is 12.8. The predicted octanol–water partition coefficient (Wildman–Crippen LogP) is 3.12. The molecule has 3 rings (SSSR count). The highest BCUT2D eigenvalue weighted by atomic mass is 32.2. The van der Waals surface area contributed by atoms with E-state index >= 15 is 0 Å². The van der Waals surface area contributed by atoms with Crippen LogP contribution in [0.25, 0.3) is 10.4 Å². The van der Waals surface area contributed by atoms with Crippen molar-refractivity contribution in [3.63, 3.8) is 0 Å². The maximum Gasteiger partial charge on any atom is 0.209 e. The number of rotatable bonds is 6. The Balaban J connectivity index is 0.000000654. The van der Waals surface area contributed by atoms with Gasteiger partial charge in [-0.1, -0.05) is 17.4 Å². The number of methoxy groups -OCH3 is 1. The van der Waals surface area contributed by atoms with Gasteiger partial charge >= 0.3 is 0 Å². The number of thiazole rings is 1. The molecule has 1 atom stereocenters. The predicted molar refractivity (Wildman–Crippen MR) is 133 cm³/mol. The first kappa shape index (κ1) is 26.2. The Morgan fingerprint density at radius 3 is 2.41 bits per heavy atom. The third-order valence-electron chi connectivity index (χ3n) is 4.57. The average molecular weight is 482 g/mol. The van der Waals surface area contributed by atoms with E-state index in [4.69, 9.17) is 10.5 Å². The number of anilines is 2. The van der Waals surface area contributed by atoms with Gasteiger partial charge < -0.3 is 20.3 Å². The molecule has 0 spiro atoms. The minimum atomic E-state index is -1.39. The number of aromatic nitrogens is 1. The Labute approximate surface area is 197 Å². The molecule has 1 aromatic heterocycles. The van der Waals surface area contributed by atoms with Gasteiger partial charge in [0.15, 0.2) is 5.13 Å². The normalized spacial score (nSPS) is 15.3. The van der Waals surface area contributed by atoms with E-state index in [1.165, 1.54) is 0 Å². The highest BCUT2D eigenvalue weighted by molar-refractivity contribution is 7.83. The smallest absolute Gasteiger partial charge is 0.209 e. The molecule has 0 aliphatic carbocycles. The quantitative estimate of drug-likeness (QED) is 0.486. The number of carbonyl (C=O) groups excluding carboxylic acids is 1. The molecule has 32 heavy (non-hydrogen) atoms. The van der Waals surface area contributed by atoms with Crippen molar-refractivity contribution in [1.29, 1.82) is 0 Å². The Bertz CT molecular complexity index is 903. The van der Waals surface area contributed by atoms with E-state index in [2.05, 4.69) is 14.6 Å². The van der Waals surface area contributed by atoms with E-state index in [1.54, 1.807) is 29.4 Å². The van der Waals surface area contributed by atoms with Crippen molar-refractivity contribution in [2.75, 3.05) is 43.9 Å². The van der Waals surface area contributed by atoms with Gasteiger partial charge in [-0.3, -0.25) is 4.79 Å². The first-order chi connectivity index (χ1) is 15.0. The van der Waals surface area contributed by atoms with Gasteiger partial charge in [0.05, 0.1) is 15.9 Å². The molecule has 2 aromatic rings. The molecule has 0 saturated carbocycles. The second kappa shape index (κ2) is 11.7. The van der Waals surface area contributed by atoms with Crippen molar-refractivity contribution in [2.24, 2.45) is 0 Å². The van der Waals surface area contributed by atoms with Crippen molar-refractivity contribution >= 4 is 39.6 Å². The number of hydrogen-bond acceptors (Lipinski definition) is 7. The lowest BCUT2D eigenvalue weighted by Crippen LogP contribution is -2.45. The number of nitrogens with zero attached hydrogens (tertiary/aromatic N) is 3. The number of nitrogens with two attached hydrogens (primary N) is 1. The van der Waals surface area contributed by atoms with E-state index in [1.807, 2.05) is 52.9 Å². The molecule has 1 saturated heterocycles. The van der Waals surface area contributed by atoms with Crippen LogP contribution in [-0.4, -0.2) is 65.4 Å². The van der Waals surface area contributed by atoms with Crippen LogP contribution in [0.15, 0.2) is 29.3 Å². The van der Waals surface area contributed by atoms with Gasteiger partial charge in [0.1, 0.15) is 11.0 Å². The summed E-state index contributed by atoms with van der Waals surface area (Å²) < 4.78 is 20.7. The molecule has 1 amide bonds. The lowest BCUT2D eigenvalue weighted by molar-refractivity contribution is -0.118. The number of nitrogen functional groups attached to an aromatic ring is 1. The second-order valence-electron chi connectivity index (χ2n) is 8.80. The highest BCUT2D eigenvalue weighted by Crippen LogP contribution is 2.35. The van der Waals surface area contributed by atoms with Crippen LogP contribution in [-0.2, 0) is 20.5 Å². The summed E-state index contributed by atoms with van der Waals surface area (Å²) in [4.78, 5) is 21.0. The number of piperazine rings is 1. The van der Waals surface area contributed by atoms with Crippen LogP contribution < -0.4 is 15.4 Å². The summed E-state index contributed by atoms with van der Waals surface area (Å²) >= 11 is 1.56. The van der Waals surface area contributed by atoms with Gasteiger partial charge in [-0.2, -0.15) is 0 Å². The fourth-order valence-corrected chi connectivity index (χ4v) is 5.14. The van der Waals surface area contributed by atoms with Gasteiger partial charge in [0, 0.05) is 56.3 Å². The molecule has 3 N–H and O–H groups in total. The highest BCUT2D eigenvalue weighted by Gasteiger charge is 2.22. The summed E-state index contributed by atoms with van der Waals surface area (Å²) in [5, 5.41) is 0.910. The van der Waals surface area contributed by atoms with Crippen LogP contribution >= 0.6 is 11.3 Å². The largest absolute Gasteiger partial charge is 0.399 e. The molecule has 1 aliphatic rings. The molecule has 1 aromatic carbocycles. The Hall–Kier alpha value is -2.01. The summed E-state index contributed by atoms with van der Waals surface area (Å²) in [7, 11) is 0.312. The first-order valence-corrected chi connectivity index (χ1v) is 12.5. The third kappa shape index (κ3) is 7.84. The van der Waals surface area contributed by atoms with E-state index in [0.717, 1.165) is 35.1 Å². The molecule has 2 heterocycles. The first-order valence-electron chi connectivity index (χ1n) is 10.6. The van der Waals surface area contributed by atoms with Crippen LogP contribution in [0, 0.1) is 0 Å². The molecule has 0 bridgehead atoms. The molecule has 0 radical (unpaired) electrons. The average Bonchev–Trinajstić information content (AvgIpc) is 3.23. The van der Waals surface area contributed by atoms with Crippen molar-refractivity contribution in [3.8, 4) is 10.4 Å². The lowest BCUT2D eigenvalue weighted by atomic mass is 10.1. The van der Waals surface area contributed by atoms with Crippen molar-refractivity contribution in [2.45, 2.75) is 51.2 Å². The van der Waals surface area contributed by atoms with E-state index < -0.39 is 11.0 Å². The molecular formula is C22H35N5O3S2. The van der Waals surface area contributed by atoms with Crippen LogP contribution in [0.2, 0.25) is 0 Å². The number of hydrogen-bond donors (Lipinski definition) is 2. The molecule has 1 unspecified atom stereocenters. The number of amides is 1. The maximum absolute atomic E-state index is 12.9. The molecule has 8 nitrogen and oxygen atoms in total. The number of benzene rings is 1. The summed E-state index contributed by atoms with van der Waals surface area (Å²) in [6.07, 6.45) is 3.09.